The second-order valence-corrected chi connectivity index (χ2v) is 6.42. The Morgan fingerprint density at radius 3 is 1.58 bits per heavy atom. The maximum absolute atomic E-state index is 10.6. The molecule has 5 N–H and O–H groups in total. The summed E-state index contributed by atoms with van der Waals surface area (Å²) in [4.78, 5) is 30.9. The molecule has 0 aromatic carbocycles. The number of hydrogen-bond donors (Lipinski definition) is 3. The van der Waals surface area contributed by atoms with Crippen molar-refractivity contribution in [3.63, 3.8) is 0 Å². The van der Waals surface area contributed by atoms with Crippen LogP contribution in [0.15, 0.2) is 0 Å². The summed E-state index contributed by atoms with van der Waals surface area (Å²) in [6.07, 6.45) is 15.2. The number of unbranched alkanes of at least 4 members (excludes halogenated alkanes) is 1. The third-order valence-electron chi connectivity index (χ3n) is 4.00. The van der Waals surface area contributed by atoms with E-state index in [1.807, 2.05) is 0 Å². The maximum Gasteiger partial charge on any atom is 0.219 e. The number of hydrogen-bond acceptors (Lipinski definition) is 3. The summed E-state index contributed by atoms with van der Waals surface area (Å²) in [7, 11) is 0. The van der Waals surface area contributed by atoms with Crippen molar-refractivity contribution in [2.75, 3.05) is 6.54 Å². The van der Waals surface area contributed by atoms with E-state index in [4.69, 9.17) is 11.5 Å². The third-order valence-corrected chi connectivity index (χ3v) is 4.00. The zero-order chi connectivity index (χ0) is 18.0. The van der Waals surface area contributed by atoms with Gasteiger partial charge in [-0.2, -0.15) is 0 Å². The number of carbonyl (C=O) groups excluding carboxylic acids is 3. The Labute approximate surface area is 146 Å². The molecule has 6 nitrogen and oxygen atoms in total. The zero-order valence-electron chi connectivity index (χ0n) is 15.0. The summed E-state index contributed by atoms with van der Waals surface area (Å²) < 4.78 is 0. The van der Waals surface area contributed by atoms with Crippen molar-refractivity contribution in [2.24, 2.45) is 11.5 Å². The SMILES string of the molecule is C1CCCCC1.NC(=O)CCCCC(N)=O.O=C1CCCCCN1. The van der Waals surface area contributed by atoms with Gasteiger partial charge >= 0.3 is 0 Å². The van der Waals surface area contributed by atoms with Gasteiger partial charge in [0, 0.05) is 25.8 Å². The Hall–Kier alpha value is -1.59. The summed E-state index contributed by atoms with van der Waals surface area (Å²) in [6.45, 7) is 0.888. The van der Waals surface area contributed by atoms with Crippen molar-refractivity contribution in [1.82, 2.24) is 5.32 Å². The molecule has 0 aromatic rings. The van der Waals surface area contributed by atoms with Crippen molar-refractivity contribution in [1.29, 1.82) is 0 Å². The second-order valence-electron chi connectivity index (χ2n) is 6.42. The quantitative estimate of drug-likeness (QED) is 0.667. The lowest BCUT2D eigenvalue weighted by molar-refractivity contribution is -0.121. The van der Waals surface area contributed by atoms with E-state index >= 15 is 0 Å². The highest BCUT2D eigenvalue weighted by molar-refractivity contribution is 5.76. The molecule has 0 atom stereocenters. The van der Waals surface area contributed by atoms with E-state index in [1.165, 1.54) is 44.9 Å². The highest BCUT2D eigenvalue weighted by Crippen LogP contribution is 2.15. The lowest BCUT2D eigenvalue weighted by Gasteiger charge is -2.05. The normalized spacial score (nSPS) is 17.1. The van der Waals surface area contributed by atoms with Gasteiger partial charge in [0.05, 0.1) is 0 Å². The van der Waals surface area contributed by atoms with E-state index < -0.39 is 0 Å². The molecule has 140 valence electrons. The fourth-order valence-corrected chi connectivity index (χ4v) is 2.56. The molecule has 24 heavy (non-hydrogen) atoms. The van der Waals surface area contributed by atoms with Crippen molar-refractivity contribution < 1.29 is 14.4 Å². The number of amides is 3. The lowest BCUT2D eigenvalue weighted by atomic mass is 10.0. The van der Waals surface area contributed by atoms with Crippen molar-refractivity contribution in [3.05, 3.63) is 0 Å². The molecule has 0 spiro atoms. The number of nitrogens with two attached hydrogens (primary N) is 2. The minimum Gasteiger partial charge on any atom is -0.370 e. The van der Waals surface area contributed by atoms with Crippen LogP contribution < -0.4 is 16.8 Å². The highest BCUT2D eigenvalue weighted by Gasteiger charge is 2.03. The average molecular weight is 341 g/mol. The van der Waals surface area contributed by atoms with Gasteiger partial charge in [-0.15, -0.1) is 0 Å². The number of rotatable bonds is 5. The Balaban J connectivity index is 0.000000340. The smallest absolute Gasteiger partial charge is 0.219 e. The zero-order valence-corrected chi connectivity index (χ0v) is 15.0. The van der Waals surface area contributed by atoms with Gasteiger partial charge in [0.15, 0.2) is 0 Å². The fraction of sp³-hybridized carbons (Fsp3) is 0.833. The third kappa shape index (κ3) is 18.5. The summed E-state index contributed by atoms with van der Waals surface area (Å²) in [5, 5.41) is 2.81. The van der Waals surface area contributed by atoms with Crippen LogP contribution in [0.25, 0.3) is 0 Å². The first-order valence-corrected chi connectivity index (χ1v) is 9.35. The van der Waals surface area contributed by atoms with E-state index in [9.17, 15) is 14.4 Å². The van der Waals surface area contributed by atoms with Crippen LogP contribution in [0.5, 0.6) is 0 Å². The first-order valence-electron chi connectivity index (χ1n) is 9.35. The molecule has 0 aromatic heterocycles. The largest absolute Gasteiger partial charge is 0.370 e. The predicted molar refractivity (Wildman–Crippen MR) is 96.0 cm³/mol. The van der Waals surface area contributed by atoms with Gasteiger partial charge in [-0.05, 0) is 25.7 Å². The van der Waals surface area contributed by atoms with E-state index in [2.05, 4.69) is 5.32 Å². The molecule has 2 aliphatic rings. The van der Waals surface area contributed by atoms with Gasteiger partial charge in [-0.3, -0.25) is 14.4 Å². The van der Waals surface area contributed by atoms with E-state index in [1.54, 1.807) is 0 Å². The van der Waals surface area contributed by atoms with Gasteiger partial charge in [0.1, 0.15) is 0 Å². The minimum absolute atomic E-state index is 0.225. The highest BCUT2D eigenvalue weighted by atomic mass is 16.2. The van der Waals surface area contributed by atoms with Crippen molar-refractivity contribution in [2.45, 2.75) is 89.9 Å². The molecule has 1 saturated carbocycles. The monoisotopic (exact) mass is 341 g/mol. The van der Waals surface area contributed by atoms with Crippen LogP contribution in [-0.2, 0) is 14.4 Å². The Kier molecular flexibility index (Phi) is 15.2. The number of carbonyl (C=O) groups is 3. The minimum atomic E-state index is -0.329. The average Bonchev–Trinajstić information content (AvgIpc) is 2.82. The molecule has 0 bridgehead atoms. The summed E-state index contributed by atoms with van der Waals surface area (Å²) in [6, 6.07) is 0. The van der Waals surface area contributed by atoms with Crippen LogP contribution in [0.3, 0.4) is 0 Å². The first-order chi connectivity index (χ1) is 11.5. The fourth-order valence-electron chi connectivity index (χ4n) is 2.56. The van der Waals surface area contributed by atoms with Gasteiger partial charge < -0.3 is 16.8 Å². The van der Waals surface area contributed by atoms with E-state index in [0.717, 1.165) is 25.8 Å². The number of nitrogens with one attached hydrogen (secondary N) is 1. The number of primary amides is 2. The predicted octanol–water partition coefficient (Wildman–Crippen LogP) is 2.53. The van der Waals surface area contributed by atoms with Crippen LogP contribution in [0, 0.1) is 0 Å². The van der Waals surface area contributed by atoms with Crippen LogP contribution >= 0.6 is 0 Å². The summed E-state index contributed by atoms with van der Waals surface area (Å²) >= 11 is 0. The van der Waals surface area contributed by atoms with Crippen molar-refractivity contribution in [3.8, 4) is 0 Å². The molecule has 1 aliphatic carbocycles. The Morgan fingerprint density at radius 2 is 1.17 bits per heavy atom. The van der Waals surface area contributed by atoms with Gasteiger partial charge in [0.2, 0.25) is 17.7 Å². The van der Waals surface area contributed by atoms with Gasteiger partial charge in [0.25, 0.3) is 0 Å². The topological polar surface area (TPSA) is 115 Å². The van der Waals surface area contributed by atoms with Crippen LogP contribution in [-0.4, -0.2) is 24.3 Å². The van der Waals surface area contributed by atoms with Crippen LogP contribution in [0.2, 0.25) is 0 Å². The van der Waals surface area contributed by atoms with Crippen LogP contribution in [0.1, 0.15) is 89.9 Å². The van der Waals surface area contributed by atoms with E-state index in [-0.39, 0.29) is 17.7 Å². The van der Waals surface area contributed by atoms with Crippen LogP contribution in [0.4, 0.5) is 0 Å². The molecule has 0 unspecified atom stereocenters. The molecule has 1 saturated heterocycles. The lowest BCUT2D eigenvalue weighted by Crippen LogP contribution is -2.21. The molecule has 1 aliphatic heterocycles. The standard InChI is InChI=1S/C6H12N2O2.C6H11NO.C6H12/c7-5(9)3-1-2-4-6(8)10;8-6-4-2-1-3-5-7-6;1-2-4-6-5-3-1/h1-4H2,(H2,7,9)(H2,8,10);1-5H2,(H,7,8);1-6H2. The molecule has 1 heterocycles. The Morgan fingerprint density at radius 1 is 0.750 bits per heavy atom. The molecular weight excluding hydrogens is 306 g/mol. The molecule has 6 heteroatoms. The summed E-state index contributed by atoms with van der Waals surface area (Å²) in [5.74, 6) is -0.434. The van der Waals surface area contributed by atoms with Gasteiger partial charge in [-0.1, -0.05) is 44.9 Å². The summed E-state index contributed by atoms with van der Waals surface area (Å²) in [5.41, 5.74) is 9.71. The molecular formula is C18H35N3O3. The van der Waals surface area contributed by atoms with Gasteiger partial charge in [-0.25, -0.2) is 0 Å². The molecule has 2 fully saturated rings. The van der Waals surface area contributed by atoms with Crippen molar-refractivity contribution >= 4 is 17.7 Å². The molecule has 0 radical (unpaired) electrons. The molecule has 3 amide bonds. The maximum atomic E-state index is 10.6. The first kappa shape index (κ1) is 22.4. The Bertz CT molecular complexity index is 318. The second kappa shape index (κ2) is 16.3. The van der Waals surface area contributed by atoms with E-state index in [0.29, 0.717) is 25.7 Å². The molecule has 2 rings (SSSR count).